The van der Waals surface area contributed by atoms with Crippen molar-refractivity contribution in [1.82, 2.24) is 0 Å². The highest BCUT2D eigenvalue weighted by Gasteiger charge is 2.49. The molecule has 2 saturated carbocycles. The summed E-state index contributed by atoms with van der Waals surface area (Å²) in [4.78, 5) is 2.64. The van der Waals surface area contributed by atoms with Crippen molar-refractivity contribution in [1.29, 1.82) is 0 Å². The fourth-order valence-electron chi connectivity index (χ4n) is 13.0. The number of anilines is 3. The first kappa shape index (κ1) is 38.3. The van der Waals surface area contributed by atoms with Gasteiger partial charge in [0.1, 0.15) is 0 Å². The van der Waals surface area contributed by atoms with Crippen molar-refractivity contribution in [3.8, 4) is 44.5 Å². The molecule has 0 radical (unpaired) electrons. The molecular weight excluding hydrogens is 735 g/mol. The monoisotopic (exact) mass is 793 g/mol. The second-order valence-corrected chi connectivity index (χ2v) is 18.8. The third-order valence-electron chi connectivity index (χ3n) is 15.9. The van der Waals surface area contributed by atoms with Gasteiger partial charge in [-0.05, 0) is 142 Å². The fraction of sp³-hybridized carbons (Fsp3) is 0.300. The maximum Gasteiger partial charge on any atom is 0.0540 e. The number of hydrogen-bond acceptors (Lipinski definition) is 1. The number of unbranched alkanes of at least 4 members (excludes halogenated alkanes) is 1. The summed E-state index contributed by atoms with van der Waals surface area (Å²) in [5.74, 6) is 1.43. The van der Waals surface area contributed by atoms with E-state index < -0.39 is 0 Å². The number of benzene rings is 7. The number of fused-ring (bicyclic) bond motifs is 10. The SMILES string of the molecule is CCCCC1CCC(CC)C2(CC1)c1ccccc1-c1ccc(N(c3ccc4c(c3)C3(CCCC3)c3ccccc3-4)c3ccc(-c4ccccc4)cc3-c3ccccc3)cc12. The molecule has 7 aromatic carbocycles. The number of nitrogens with zero attached hydrogens (tertiary/aromatic N) is 1. The van der Waals surface area contributed by atoms with Gasteiger partial charge in [0.25, 0.3) is 0 Å². The predicted molar refractivity (Wildman–Crippen MR) is 258 cm³/mol. The first-order valence-corrected chi connectivity index (χ1v) is 23.7. The zero-order chi connectivity index (χ0) is 41.0. The van der Waals surface area contributed by atoms with Gasteiger partial charge in [-0.2, -0.15) is 0 Å². The lowest BCUT2D eigenvalue weighted by molar-refractivity contribution is 0.297. The van der Waals surface area contributed by atoms with Crippen molar-refractivity contribution in [2.75, 3.05) is 4.90 Å². The maximum absolute atomic E-state index is 2.66. The van der Waals surface area contributed by atoms with Gasteiger partial charge in [0.15, 0.2) is 0 Å². The quantitative estimate of drug-likeness (QED) is 0.141. The van der Waals surface area contributed by atoms with Gasteiger partial charge in [0.2, 0.25) is 0 Å². The molecule has 2 fully saturated rings. The first-order chi connectivity index (χ1) is 30.1. The highest BCUT2D eigenvalue weighted by atomic mass is 15.1. The molecule has 61 heavy (non-hydrogen) atoms. The lowest BCUT2D eigenvalue weighted by Crippen LogP contribution is -2.34. The molecule has 7 aromatic rings. The Bertz CT molecular complexity index is 2700. The Morgan fingerprint density at radius 2 is 1.08 bits per heavy atom. The Labute approximate surface area is 364 Å². The van der Waals surface area contributed by atoms with Crippen LogP contribution in [0.1, 0.15) is 113 Å². The van der Waals surface area contributed by atoms with Gasteiger partial charge >= 0.3 is 0 Å². The molecule has 4 aliphatic rings. The van der Waals surface area contributed by atoms with Crippen LogP contribution in [0.5, 0.6) is 0 Å². The second kappa shape index (κ2) is 15.7. The average Bonchev–Trinajstić information content (AvgIpc) is 3.96. The molecule has 1 nitrogen and oxygen atoms in total. The van der Waals surface area contributed by atoms with Crippen LogP contribution in [0, 0.1) is 11.8 Å². The van der Waals surface area contributed by atoms with Crippen LogP contribution in [0.25, 0.3) is 44.5 Å². The van der Waals surface area contributed by atoms with Crippen molar-refractivity contribution in [2.24, 2.45) is 11.8 Å². The zero-order valence-electron chi connectivity index (χ0n) is 36.2. The van der Waals surface area contributed by atoms with Crippen LogP contribution in [0.2, 0.25) is 0 Å². The summed E-state index contributed by atoms with van der Waals surface area (Å²) < 4.78 is 0. The number of hydrogen-bond donors (Lipinski definition) is 0. The van der Waals surface area contributed by atoms with Gasteiger partial charge in [-0.15, -0.1) is 0 Å². The largest absolute Gasteiger partial charge is 0.310 e. The van der Waals surface area contributed by atoms with Crippen molar-refractivity contribution in [3.63, 3.8) is 0 Å². The molecule has 304 valence electrons. The normalized spacial score (nSPS) is 20.6. The van der Waals surface area contributed by atoms with Gasteiger partial charge < -0.3 is 4.90 Å². The van der Waals surface area contributed by atoms with Crippen LogP contribution in [-0.4, -0.2) is 0 Å². The molecule has 3 unspecified atom stereocenters. The Morgan fingerprint density at radius 3 is 1.79 bits per heavy atom. The zero-order valence-corrected chi connectivity index (χ0v) is 36.2. The van der Waals surface area contributed by atoms with E-state index >= 15 is 0 Å². The average molecular weight is 794 g/mol. The smallest absolute Gasteiger partial charge is 0.0540 e. The Hall–Kier alpha value is -5.66. The minimum atomic E-state index is 0.0102. The standard InChI is InChI=1S/C60H59N/c1-3-5-18-42-27-29-46(4-2)60(38-35-42)55-26-15-13-24-50(55)52-33-31-48(41-57(52)60)61(47-30-32-51-49-23-12-14-25-54(49)59(56(51)40-47)36-16-17-37-59)58-34-28-45(43-19-8-6-9-20-43)39-53(58)44-21-10-7-11-22-44/h6-15,19-26,28,30-34,39-42,46H,3-5,16-18,27,29,35-38H2,1-2H3. The third kappa shape index (κ3) is 6.17. The fourth-order valence-corrected chi connectivity index (χ4v) is 13.0. The minimum absolute atomic E-state index is 0.0102. The Morgan fingerprint density at radius 1 is 0.475 bits per heavy atom. The molecule has 3 atom stereocenters. The highest BCUT2D eigenvalue weighted by molar-refractivity contribution is 5.94. The first-order valence-electron chi connectivity index (χ1n) is 23.7. The summed E-state index contributed by atoms with van der Waals surface area (Å²) in [5, 5.41) is 0. The van der Waals surface area contributed by atoms with E-state index in [1.807, 2.05) is 0 Å². The molecule has 0 amide bonds. The van der Waals surface area contributed by atoms with Gasteiger partial charge in [-0.25, -0.2) is 0 Å². The van der Waals surface area contributed by atoms with E-state index in [9.17, 15) is 0 Å². The van der Waals surface area contributed by atoms with E-state index in [0.29, 0.717) is 5.92 Å². The van der Waals surface area contributed by atoms with E-state index in [-0.39, 0.29) is 10.8 Å². The van der Waals surface area contributed by atoms with Crippen LogP contribution in [0.4, 0.5) is 17.1 Å². The number of rotatable bonds is 9. The lowest BCUT2D eigenvalue weighted by Gasteiger charge is -2.39. The Balaban J connectivity index is 1.14. The van der Waals surface area contributed by atoms with Crippen LogP contribution >= 0.6 is 0 Å². The Kier molecular flexibility index (Phi) is 9.83. The minimum Gasteiger partial charge on any atom is -0.310 e. The van der Waals surface area contributed by atoms with E-state index in [4.69, 9.17) is 0 Å². The second-order valence-electron chi connectivity index (χ2n) is 18.8. The van der Waals surface area contributed by atoms with Crippen molar-refractivity contribution in [2.45, 2.75) is 102 Å². The molecule has 11 rings (SSSR count). The summed E-state index contributed by atoms with van der Waals surface area (Å²) in [6, 6.07) is 63.1. The molecule has 2 spiro atoms. The summed E-state index contributed by atoms with van der Waals surface area (Å²) in [6.07, 6.45) is 15.4. The topological polar surface area (TPSA) is 3.24 Å². The molecule has 0 N–H and O–H groups in total. The van der Waals surface area contributed by atoms with E-state index in [0.717, 1.165) is 5.92 Å². The molecule has 0 bridgehead atoms. The summed E-state index contributed by atoms with van der Waals surface area (Å²) >= 11 is 0. The summed E-state index contributed by atoms with van der Waals surface area (Å²) in [6.45, 7) is 4.83. The van der Waals surface area contributed by atoms with Crippen molar-refractivity contribution < 1.29 is 0 Å². The van der Waals surface area contributed by atoms with Gasteiger partial charge in [-0.1, -0.05) is 186 Å². The molecule has 4 aliphatic carbocycles. The molecule has 1 heteroatoms. The van der Waals surface area contributed by atoms with Gasteiger partial charge in [-0.3, -0.25) is 0 Å². The third-order valence-corrected chi connectivity index (χ3v) is 15.9. The lowest BCUT2D eigenvalue weighted by atomic mass is 9.64. The van der Waals surface area contributed by atoms with Crippen LogP contribution in [-0.2, 0) is 10.8 Å². The molecule has 0 aromatic heterocycles. The molecule has 0 aliphatic heterocycles. The van der Waals surface area contributed by atoms with Crippen molar-refractivity contribution in [3.05, 3.63) is 186 Å². The van der Waals surface area contributed by atoms with Crippen LogP contribution < -0.4 is 4.90 Å². The predicted octanol–water partition coefficient (Wildman–Crippen LogP) is 17.0. The summed E-state index contributed by atoms with van der Waals surface area (Å²) in [5.41, 5.74) is 20.7. The van der Waals surface area contributed by atoms with E-state index in [2.05, 4.69) is 183 Å². The van der Waals surface area contributed by atoms with E-state index in [1.54, 1.807) is 11.1 Å². The molecular formula is C60H59N. The molecule has 0 saturated heterocycles. The molecule has 0 heterocycles. The maximum atomic E-state index is 2.66. The van der Waals surface area contributed by atoms with Gasteiger partial charge in [0, 0.05) is 27.8 Å². The highest BCUT2D eigenvalue weighted by Crippen LogP contribution is 2.61. The van der Waals surface area contributed by atoms with Crippen molar-refractivity contribution >= 4 is 17.1 Å². The summed E-state index contributed by atoms with van der Waals surface area (Å²) in [7, 11) is 0. The van der Waals surface area contributed by atoms with E-state index in [1.165, 1.54) is 150 Å². The van der Waals surface area contributed by atoms with Crippen LogP contribution in [0.15, 0.2) is 164 Å². The van der Waals surface area contributed by atoms with Gasteiger partial charge in [0.05, 0.1) is 5.69 Å². The van der Waals surface area contributed by atoms with Crippen LogP contribution in [0.3, 0.4) is 0 Å².